The van der Waals surface area contributed by atoms with Crippen LogP contribution in [0, 0.1) is 0 Å². The Hall–Kier alpha value is -1.16. The second kappa shape index (κ2) is 5.66. The highest BCUT2D eigenvalue weighted by atomic mass is 32.1. The van der Waals surface area contributed by atoms with Gasteiger partial charge in [-0.2, -0.15) is 0 Å². The maximum absolute atomic E-state index is 5.52. The summed E-state index contributed by atoms with van der Waals surface area (Å²) in [5.41, 5.74) is 7.22. The lowest BCUT2D eigenvalue weighted by Gasteiger charge is -2.16. The van der Waals surface area contributed by atoms with Crippen LogP contribution < -0.4 is 11.1 Å². The third-order valence-electron chi connectivity index (χ3n) is 2.37. The van der Waals surface area contributed by atoms with E-state index in [4.69, 9.17) is 18.0 Å². The summed E-state index contributed by atoms with van der Waals surface area (Å²) in [6.07, 6.45) is 3.92. The quantitative estimate of drug-likeness (QED) is 0.752. The summed E-state index contributed by atoms with van der Waals surface area (Å²) in [7, 11) is 0. The smallest absolute Gasteiger partial charge is 0.122 e. The second-order valence-corrected chi connectivity index (χ2v) is 3.89. The van der Waals surface area contributed by atoms with E-state index in [1.165, 1.54) is 0 Å². The lowest BCUT2D eigenvalue weighted by molar-refractivity contribution is 0.671. The van der Waals surface area contributed by atoms with Gasteiger partial charge in [-0.1, -0.05) is 26.1 Å². The number of nitrogens with one attached hydrogen (secondary N) is 1. The van der Waals surface area contributed by atoms with Crippen LogP contribution in [0.15, 0.2) is 18.3 Å². The molecule has 0 radical (unpaired) electrons. The van der Waals surface area contributed by atoms with E-state index < -0.39 is 0 Å². The van der Waals surface area contributed by atoms with Crippen molar-refractivity contribution in [2.75, 3.05) is 5.32 Å². The fraction of sp³-hybridized carbons (Fsp3) is 0.455. The number of nitrogens with two attached hydrogens (primary N) is 1. The van der Waals surface area contributed by atoms with Crippen LogP contribution >= 0.6 is 12.2 Å². The Bertz CT molecular complexity index is 334. The number of hydrogen-bond donors (Lipinski definition) is 2. The van der Waals surface area contributed by atoms with Crippen molar-refractivity contribution in [3.8, 4) is 0 Å². The number of pyridine rings is 1. The number of thiocarbonyl (C=S) groups is 1. The van der Waals surface area contributed by atoms with E-state index in [-0.39, 0.29) is 0 Å². The van der Waals surface area contributed by atoms with Gasteiger partial charge in [0.15, 0.2) is 0 Å². The Morgan fingerprint density at radius 3 is 2.73 bits per heavy atom. The van der Waals surface area contributed by atoms with Gasteiger partial charge in [0.25, 0.3) is 0 Å². The fourth-order valence-electron chi connectivity index (χ4n) is 1.38. The van der Waals surface area contributed by atoms with E-state index >= 15 is 0 Å². The fourth-order valence-corrected chi connectivity index (χ4v) is 1.50. The standard InChI is InChI=1S/C11H17N3S/c1-3-8(4-2)14-9-5-6-13-10(7-9)11(12)15/h5-8H,3-4H2,1-2H3,(H2,12,15)(H,13,14). The summed E-state index contributed by atoms with van der Waals surface area (Å²) in [6, 6.07) is 4.31. The van der Waals surface area contributed by atoms with Gasteiger partial charge in [0.1, 0.15) is 4.99 Å². The Kier molecular flexibility index (Phi) is 4.49. The first-order valence-corrected chi connectivity index (χ1v) is 5.60. The largest absolute Gasteiger partial charge is 0.388 e. The molecule has 82 valence electrons. The Labute approximate surface area is 96.1 Å². The van der Waals surface area contributed by atoms with Crippen molar-refractivity contribution in [1.29, 1.82) is 0 Å². The topological polar surface area (TPSA) is 50.9 Å². The first-order chi connectivity index (χ1) is 7.17. The normalized spacial score (nSPS) is 10.3. The predicted octanol–water partition coefficient (Wildman–Crippen LogP) is 2.32. The molecule has 0 bridgehead atoms. The van der Waals surface area contributed by atoms with Crippen molar-refractivity contribution in [1.82, 2.24) is 4.98 Å². The molecule has 0 saturated heterocycles. The molecule has 3 N–H and O–H groups in total. The van der Waals surface area contributed by atoms with E-state index in [1.54, 1.807) is 6.20 Å². The monoisotopic (exact) mass is 223 g/mol. The molecule has 0 amide bonds. The minimum Gasteiger partial charge on any atom is -0.388 e. The highest BCUT2D eigenvalue weighted by molar-refractivity contribution is 7.80. The zero-order valence-corrected chi connectivity index (χ0v) is 9.97. The van der Waals surface area contributed by atoms with E-state index in [9.17, 15) is 0 Å². The number of aromatic nitrogens is 1. The Balaban J connectivity index is 2.77. The van der Waals surface area contributed by atoms with E-state index in [0.29, 0.717) is 16.7 Å². The average molecular weight is 223 g/mol. The summed E-state index contributed by atoms with van der Waals surface area (Å²) >= 11 is 4.88. The van der Waals surface area contributed by atoms with Crippen LogP contribution in [0.1, 0.15) is 32.4 Å². The molecule has 1 rings (SSSR count). The molecule has 3 nitrogen and oxygen atoms in total. The average Bonchev–Trinajstić information content (AvgIpc) is 2.26. The molecule has 1 aromatic heterocycles. The first-order valence-electron chi connectivity index (χ1n) is 5.19. The predicted molar refractivity (Wildman–Crippen MR) is 68.1 cm³/mol. The molecule has 0 unspecified atom stereocenters. The van der Waals surface area contributed by atoms with Gasteiger partial charge >= 0.3 is 0 Å². The van der Waals surface area contributed by atoms with Gasteiger partial charge in [-0.15, -0.1) is 0 Å². The van der Waals surface area contributed by atoms with Crippen molar-refractivity contribution < 1.29 is 0 Å². The molecule has 0 aliphatic rings. The summed E-state index contributed by atoms with van der Waals surface area (Å²) in [6.45, 7) is 4.33. The Morgan fingerprint density at radius 2 is 2.20 bits per heavy atom. The van der Waals surface area contributed by atoms with E-state index in [1.807, 2.05) is 12.1 Å². The number of rotatable bonds is 5. The zero-order valence-electron chi connectivity index (χ0n) is 9.16. The molecule has 0 aliphatic carbocycles. The number of anilines is 1. The molecule has 0 spiro atoms. The SMILES string of the molecule is CCC(CC)Nc1ccnc(C(N)=S)c1. The minimum absolute atomic E-state index is 0.336. The summed E-state index contributed by atoms with van der Waals surface area (Å²) in [5.74, 6) is 0. The van der Waals surface area contributed by atoms with Crippen LogP contribution in [0.4, 0.5) is 5.69 Å². The first kappa shape index (κ1) is 11.9. The third kappa shape index (κ3) is 3.47. The molecule has 15 heavy (non-hydrogen) atoms. The maximum atomic E-state index is 5.52. The molecular weight excluding hydrogens is 206 g/mol. The molecule has 0 fully saturated rings. The maximum Gasteiger partial charge on any atom is 0.122 e. The van der Waals surface area contributed by atoms with Gasteiger partial charge in [0.2, 0.25) is 0 Å². The van der Waals surface area contributed by atoms with Gasteiger partial charge < -0.3 is 11.1 Å². The van der Waals surface area contributed by atoms with Crippen LogP contribution in [0.25, 0.3) is 0 Å². The van der Waals surface area contributed by atoms with Gasteiger partial charge in [-0.25, -0.2) is 0 Å². The number of hydrogen-bond acceptors (Lipinski definition) is 3. The van der Waals surface area contributed by atoms with Gasteiger partial charge in [-0.05, 0) is 25.0 Å². The van der Waals surface area contributed by atoms with Crippen LogP contribution in [-0.2, 0) is 0 Å². The summed E-state index contributed by atoms with van der Waals surface area (Å²) in [5, 5.41) is 3.42. The highest BCUT2D eigenvalue weighted by Crippen LogP contribution is 2.12. The van der Waals surface area contributed by atoms with Gasteiger partial charge in [0.05, 0.1) is 5.69 Å². The van der Waals surface area contributed by atoms with Crippen LogP contribution in [0.2, 0.25) is 0 Å². The molecule has 4 heteroatoms. The Morgan fingerprint density at radius 1 is 1.53 bits per heavy atom. The summed E-state index contributed by atoms with van der Waals surface area (Å²) < 4.78 is 0. The number of nitrogens with zero attached hydrogens (tertiary/aromatic N) is 1. The third-order valence-corrected chi connectivity index (χ3v) is 2.58. The van der Waals surface area contributed by atoms with Gasteiger partial charge in [0, 0.05) is 17.9 Å². The minimum atomic E-state index is 0.336. The summed E-state index contributed by atoms with van der Waals surface area (Å²) in [4.78, 5) is 4.43. The van der Waals surface area contributed by atoms with Crippen LogP contribution in [0.3, 0.4) is 0 Å². The van der Waals surface area contributed by atoms with Crippen molar-refractivity contribution in [2.24, 2.45) is 5.73 Å². The lowest BCUT2D eigenvalue weighted by atomic mass is 10.1. The molecule has 0 saturated carbocycles. The zero-order chi connectivity index (χ0) is 11.3. The molecule has 1 heterocycles. The molecule has 0 aliphatic heterocycles. The van der Waals surface area contributed by atoms with Crippen LogP contribution in [-0.4, -0.2) is 16.0 Å². The van der Waals surface area contributed by atoms with Crippen molar-refractivity contribution in [2.45, 2.75) is 32.7 Å². The second-order valence-electron chi connectivity index (χ2n) is 3.45. The van der Waals surface area contributed by atoms with E-state index in [2.05, 4.69) is 24.1 Å². The van der Waals surface area contributed by atoms with Crippen molar-refractivity contribution in [3.63, 3.8) is 0 Å². The molecular formula is C11H17N3S. The van der Waals surface area contributed by atoms with Crippen LogP contribution in [0.5, 0.6) is 0 Å². The molecule has 0 atom stereocenters. The highest BCUT2D eigenvalue weighted by Gasteiger charge is 2.04. The van der Waals surface area contributed by atoms with Gasteiger partial charge in [-0.3, -0.25) is 4.98 Å². The molecule has 1 aromatic rings. The van der Waals surface area contributed by atoms with Crippen molar-refractivity contribution >= 4 is 22.9 Å². The van der Waals surface area contributed by atoms with Crippen molar-refractivity contribution in [3.05, 3.63) is 24.0 Å². The van der Waals surface area contributed by atoms with E-state index in [0.717, 1.165) is 18.5 Å². The molecule has 0 aromatic carbocycles. The lowest BCUT2D eigenvalue weighted by Crippen LogP contribution is -2.18.